The normalized spacial score (nSPS) is 21.1. The Kier molecular flexibility index (Phi) is 7.16. The fourth-order valence-corrected chi connectivity index (χ4v) is 3.89. The number of hydrogen-bond acceptors (Lipinski definition) is 4. The van der Waals surface area contributed by atoms with Crippen LogP contribution in [0.25, 0.3) is 0 Å². The maximum atomic E-state index is 5.50. The summed E-state index contributed by atoms with van der Waals surface area (Å²) in [4.78, 5) is 9.05. The zero-order chi connectivity index (χ0) is 18.4. The van der Waals surface area contributed by atoms with Crippen molar-refractivity contribution in [2.75, 3.05) is 65.1 Å². The van der Waals surface area contributed by atoms with Gasteiger partial charge in [0.15, 0.2) is 5.96 Å². The van der Waals surface area contributed by atoms with Crippen LogP contribution in [0.2, 0.25) is 0 Å². The van der Waals surface area contributed by atoms with Crippen molar-refractivity contribution in [3.63, 3.8) is 0 Å². The molecule has 0 saturated carbocycles. The molecule has 0 aliphatic carbocycles. The third-order valence-corrected chi connectivity index (χ3v) is 5.46. The molecule has 2 aliphatic heterocycles. The Morgan fingerprint density at radius 3 is 2.81 bits per heavy atom. The molecule has 2 saturated heterocycles. The van der Waals surface area contributed by atoms with Gasteiger partial charge in [-0.25, -0.2) is 0 Å². The average molecular weight is 425 g/mol. The molecule has 0 bridgehead atoms. The van der Waals surface area contributed by atoms with E-state index in [1.165, 1.54) is 11.3 Å². The van der Waals surface area contributed by atoms with Gasteiger partial charge in [-0.05, 0) is 24.1 Å². The molecule has 1 atom stereocenters. The first kappa shape index (κ1) is 19.5. The van der Waals surface area contributed by atoms with E-state index in [0.717, 1.165) is 69.5 Å². The van der Waals surface area contributed by atoms with E-state index in [0.29, 0.717) is 5.92 Å². The summed E-state index contributed by atoms with van der Waals surface area (Å²) in [6.07, 6.45) is 1.13. The second-order valence-electron chi connectivity index (χ2n) is 6.88. The van der Waals surface area contributed by atoms with Crippen LogP contribution < -0.4 is 10.2 Å². The third-order valence-electron chi connectivity index (χ3n) is 4.97. The van der Waals surface area contributed by atoms with Gasteiger partial charge in [-0.3, -0.25) is 4.99 Å². The second kappa shape index (κ2) is 9.58. The summed E-state index contributed by atoms with van der Waals surface area (Å²) in [6.45, 7) is 6.88. The van der Waals surface area contributed by atoms with Crippen LogP contribution in [-0.2, 0) is 16.0 Å². The van der Waals surface area contributed by atoms with Gasteiger partial charge in [0, 0.05) is 63.0 Å². The molecule has 3 rings (SSSR count). The SMILES string of the molecule is CN=C(NCc1ccc(Br)cc1N1CCOCC1)N(C)CC1CCOC1. The van der Waals surface area contributed by atoms with Crippen molar-refractivity contribution in [2.45, 2.75) is 13.0 Å². The highest BCUT2D eigenvalue weighted by Crippen LogP contribution is 2.26. The molecule has 144 valence electrons. The van der Waals surface area contributed by atoms with E-state index in [1.54, 1.807) is 0 Å². The molecule has 0 amide bonds. The van der Waals surface area contributed by atoms with Gasteiger partial charge in [0.1, 0.15) is 0 Å². The molecule has 2 aliphatic rings. The number of aliphatic imine (C=N–C) groups is 1. The average Bonchev–Trinajstić information content (AvgIpc) is 3.17. The first-order valence-corrected chi connectivity index (χ1v) is 10.1. The van der Waals surface area contributed by atoms with Crippen LogP contribution in [0.15, 0.2) is 27.7 Å². The minimum Gasteiger partial charge on any atom is -0.381 e. The van der Waals surface area contributed by atoms with Crippen molar-refractivity contribution >= 4 is 27.6 Å². The molecule has 7 heteroatoms. The van der Waals surface area contributed by atoms with E-state index in [-0.39, 0.29) is 0 Å². The number of benzene rings is 1. The van der Waals surface area contributed by atoms with Crippen molar-refractivity contribution in [2.24, 2.45) is 10.9 Å². The zero-order valence-corrected chi connectivity index (χ0v) is 17.3. The molecule has 0 spiro atoms. The number of guanidine groups is 1. The van der Waals surface area contributed by atoms with Crippen molar-refractivity contribution < 1.29 is 9.47 Å². The standard InChI is InChI=1S/C19H29BrN4O2/c1-21-19(23(2)13-15-5-8-26-14-15)22-12-16-3-4-17(20)11-18(16)24-6-9-25-10-7-24/h3-4,11,15H,5-10,12-14H2,1-2H3,(H,21,22). The van der Waals surface area contributed by atoms with E-state index in [9.17, 15) is 0 Å². The third kappa shape index (κ3) is 5.11. The van der Waals surface area contributed by atoms with E-state index < -0.39 is 0 Å². The Bertz CT molecular complexity index is 614. The summed E-state index contributed by atoms with van der Waals surface area (Å²) in [7, 11) is 3.94. The molecule has 1 unspecified atom stereocenters. The topological polar surface area (TPSA) is 49.3 Å². The molecule has 2 heterocycles. The molecule has 0 radical (unpaired) electrons. The van der Waals surface area contributed by atoms with Crippen LogP contribution >= 0.6 is 15.9 Å². The quantitative estimate of drug-likeness (QED) is 0.580. The zero-order valence-electron chi connectivity index (χ0n) is 15.7. The van der Waals surface area contributed by atoms with Gasteiger partial charge in [0.05, 0.1) is 19.8 Å². The maximum absolute atomic E-state index is 5.50. The second-order valence-corrected chi connectivity index (χ2v) is 7.80. The lowest BCUT2D eigenvalue weighted by Crippen LogP contribution is -2.41. The number of nitrogens with zero attached hydrogens (tertiary/aromatic N) is 3. The Morgan fingerprint density at radius 1 is 1.31 bits per heavy atom. The number of nitrogens with one attached hydrogen (secondary N) is 1. The highest BCUT2D eigenvalue weighted by Gasteiger charge is 2.20. The molecular formula is C19H29BrN4O2. The summed E-state index contributed by atoms with van der Waals surface area (Å²) >= 11 is 3.61. The van der Waals surface area contributed by atoms with Crippen LogP contribution in [0.5, 0.6) is 0 Å². The number of anilines is 1. The molecule has 1 N–H and O–H groups in total. The van der Waals surface area contributed by atoms with Gasteiger partial charge >= 0.3 is 0 Å². The van der Waals surface area contributed by atoms with Gasteiger partial charge in [0.25, 0.3) is 0 Å². The Labute approximate surface area is 164 Å². The van der Waals surface area contributed by atoms with Gasteiger partial charge in [-0.2, -0.15) is 0 Å². The predicted molar refractivity (Wildman–Crippen MR) is 109 cm³/mol. The van der Waals surface area contributed by atoms with E-state index >= 15 is 0 Å². The highest BCUT2D eigenvalue weighted by atomic mass is 79.9. The summed E-state index contributed by atoms with van der Waals surface area (Å²) in [5, 5.41) is 3.52. The Hall–Kier alpha value is -1.31. The van der Waals surface area contributed by atoms with E-state index in [1.807, 2.05) is 7.05 Å². The summed E-state index contributed by atoms with van der Waals surface area (Å²) in [5.74, 6) is 1.52. The number of ether oxygens (including phenoxy) is 2. The lowest BCUT2D eigenvalue weighted by Gasteiger charge is -2.31. The summed E-state index contributed by atoms with van der Waals surface area (Å²) in [6, 6.07) is 6.48. The van der Waals surface area contributed by atoms with Crippen LogP contribution in [0, 0.1) is 5.92 Å². The van der Waals surface area contributed by atoms with Gasteiger partial charge in [0.2, 0.25) is 0 Å². The van der Waals surface area contributed by atoms with Crippen LogP contribution in [0.4, 0.5) is 5.69 Å². The predicted octanol–water partition coefficient (Wildman–Crippen LogP) is 2.33. The molecule has 1 aromatic carbocycles. The van der Waals surface area contributed by atoms with Crippen molar-refractivity contribution in [1.82, 2.24) is 10.2 Å². The Morgan fingerprint density at radius 2 is 2.12 bits per heavy atom. The van der Waals surface area contributed by atoms with Crippen LogP contribution in [0.1, 0.15) is 12.0 Å². The number of morpholine rings is 1. The van der Waals surface area contributed by atoms with Crippen molar-refractivity contribution in [3.8, 4) is 0 Å². The lowest BCUT2D eigenvalue weighted by molar-refractivity contribution is 0.122. The number of rotatable bonds is 5. The molecular weight excluding hydrogens is 396 g/mol. The maximum Gasteiger partial charge on any atom is 0.193 e. The molecule has 2 fully saturated rings. The fourth-order valence-electron chi connectivity index (χ4n) is 3.55. The van der Waals surface area contributed by atoms with Gasteiger partial charge < -0.3 is 24.6 Å². The monoisotopic (exact) mass is 424 g/mol. The van der Waals surface area contributed by atoms with Crippen LogP contribution in [0.3, 0.4) is 0 Å². The minimum atomic E-state index is 0.593. The number of hydrogen-bond donors (Lipinski definition) is 1. The molecule has 0 aromatic heterocycles. The van der Waals surface area contributed by atoms with E-state index in [4.69, 9.17) is 9.47 Å². The largest absolute Gasteiger partial charge is 0.381 e. The van der Waals surface area contributed by atoms with Crippen LogP contribution in [-0.4, -0.2) is 71.0 Å². The van der Waals surface area contributed by atoms with Crippen molar-refractivity contribution in [3.05, 3.63) is 28.2 Å². The number of halogens is 1. The first-order chi connectivity index (χ1) is 12.7. The molecule has 1 aromatic rings. The van der Waals surface area contributed by atoms with Crippen molar-refractivity contribution in [1.29, 1.82) is 0 Å². The fraction of sp³-hybridized carbons (Fsp3) is 0.632. The first-order valence-electron chi connectivity index (χ1n) is 9.28. The lowest BCUT2D eigenvalue weighted by atomic mass is 10.1. The highest BCUT2D eigenvalue weighted by molar-refractivity contribution is 9.10. The molecule has 26 heavy (non-hydrogen) atoms. The Balaban J connectivity index is 1.63. The van der Waals surface area contributed by atoms with E-state index in [2.05, 4.69) is 61.3 Å². The van der Waals surface area contributed by atoms with Gasteiger partial charge in [-0.1, -0.05) is 22.0 Å². The summed E-state index contributed by atoms with van der Waals surface area (Å²) in [5.41, 5.74) is 2.53. The molecule has 6 nitrogen and oxygen atoms in total. The minimum absolute atomic E-state index is 0.593. The van der Waals surface area contributed by atoms with Gasteiger partial charge in [-0.15, -0.1) is 0 Å². The summed E-state index contributed by atoms with van der Waals surface area (Å²) < 4.78 is 12.1. The smallest absolute Gasteiger partial charge is 0.193 e.